The summed E-state index contributed by atoms with van der Waals surface area (Å²) in [6.45, 7) is 5.70. The van der Waals surface area contributed by atoms with E-state index in [0.717, 1.165) is 5.56 Å². The Hall–Kier alpha value is -3.82. The normalized spacial score (nSPS) is 15.3. The van der Waals surface area contributed by atoms with E-state index < -0.39 is 0 Å². The fourth-order valence-corrected chi connectivity index (χ4v) is 3.96. The van der Waals surface area contributed by atoms with Gasteiger partial charge in [0.1, 0.15) is 5.69 Å². The molecule has 166 valence electrons. The van der Waals surface area contributed by atoms with E-state index >= 15 is 0 Å². The number of carbonyl (C=O) groups excluding carboxylic acids is 2. The van der Waals surface area contributed by atoms with Crippen LogP contribution < -0.4 is 9.47 Å². The summed E-state index contributed by atoms with van der Waals surface area (Å²) < 4.78 is 21.4. The van der Waals surface area contributed by atoms with Crippen LogP contribution in [-0.2, 0) is 4.74 Å². The summed E-state index contributed by atoms with van der Waals surface area (Å²) in [5, 5.41) is 4.75. The number of nitrogens with zero attached hydrogens (tertiary/aromatic N) is 4. The van der Waals surface area contributed by atoms with Gasteiger partial charge < -0.3 is 28.5 Å². The predicted molar refractivity (Wildman–Crippen MR) is 113 cm³/mol. The van der Waals surface area contributed by atoms with Crippen molar-refractivity contribution in [3.63, 3.8) is 0 Å². The van der Waals surface area contributed by atoms with Crippen molar-refractivity contribution in [2.24, 2.45) is 0 Å². The summed E-state index contributed by atoms with van der Waals surface area (Å²) in [6, 6.07) is 7.20. The number of fused-ring (bicyclic) bond motifs is 2. The van der Waals surface area contributed by atoms with Crippen LogP contribution in [0.2, 0.25) is 0 Å². The lowest BCUT2D eigenvalue weighted by Gasteiger charge is -2.34. The molecule has 0 aliphatic carbocycles. The molecular weight excluding hydrogens is 416 g/mol. The van der Waals surface area contributed by atoms with Crippen LogP contribution in [0.4, 0.5) is 4.79 Å². The van der Waals surface area contributed by atoms with Gasteiger partial charge in [0.25, 0.3) is 11.6 Å². The molecule has 0 radical (unpaired) electrons. The molecule has 0 saturated carbocycles. The lowest BCUT2D eigenvalue weighted by Crippen LogP contribution is -2.50. The first-order chi connectivity index (χ1) is 15.5. The van der Waals surface area contributed by atoms with Crippen molar-refractivity contribution in [1.29, 1.82) is 0 Å². The molecule has 1 fully saturated rings. The second kappa shape index (κ2) is 8.03. The fraction of sp³-hybridized carbons (Fsp3) is 0.364. The molecule has 2 amide bonds. The number of piperazine rings is 1. The lowest BCUT2D eigenvalue weighted by molar-refractivity contribution is 0.0572. The Morgan fingerprint density at radius 3 is 2.59 bits per heavy atom. The van der Waals surface area contributed by atoms with Crippen molar-refractivity contribution in [2.75, 3.05) is 39.6 Å². The average Bonchev–Trinajstić information content (AvgIpc) is 3.44. The topological polar surface area (TPSA) is 107 Å². The summed E-state index contributed by atoms with van der Waals surface area (Å²) in [6.07, 6.45) is -0.356. The van der Waals surface area contributed by atoms with E-state index in [1.165, 1.54) is 0 Å². The number of pyridine rings is 1. The molecule has 2 aliphatic heterocycles. The van der Waals surface area contributed by atoms with Gasteiger partial charge in [-0.15, -0.1) is 0 Å². The Morgan fingerprint density at radius 2 is 1.81 bits per heavy atom. The largest absolute Gasteiger partial charge is 0.454 e. The molecule has 0 unspecified atom stereocenters. The van der Waals surface area contributed by atoms with Crippen molar-refractivity contribution in [3.8, 4) is 22.8 Å². The molecule has 10 heteroatoms. The molecule has 10 nitrogen and oxygen atoms in total. The molecule has 0 N–H and O–H groups in total. The monoisotopic (exact) mass is 438 g/mol. The van der Waals surface area contributed by atoms with Crippen LogP contribution in [0.3, 0.4) is 0 Å². The molecule has 2 aromatic heterocycles. The highest BCUT2D eigenvalue weighted by Gasteiger charge is 2.29. The summed E-state index contributed by atoms with van der Waals surface area (Å²) >= 11 is 0. The zero-order chi connectivity index (χ0) is 22.2. The number of ether oxygens (including phenoxy) is 3. The highest BCUT2D eigenvalue weighted by Crippen LogP contribution is 2.38. The van der Waals surface area contributed by atoms with Crippen molar-refractivity contribution < 1.29 is 28.3 Å². The fourth-order valence-electron chi connectivity index (χ4n) is 3.96. The van der Waals surface area contributed by atoms with Gasteiger partial charge in [-0.2, -0.15) is 0 Å². The molecule has 5 rings (SSSR count). The van der Waals surface area contributed by atoms with E-state index in [9.17, 15) is 9.59 Å². The van der Waals surface area contributed by atoms with Gasteiger partial charge in [-0.3, -0.25) is 4.79 Å². The molecule has 1 saturated heterocycles. The third kappa shape index (κ3) is 3.47. The smallest absolute Gasteiger partial charge is 0.409 e. The Balaban J connectivity index is 1.47. The van der Waals surface area contributed by atoms with Gasteiger partial charge in [-0.25, -0.2) is 9.78 Å². The van der Waals surface area contributed by atoms with E-state index in [0.29, 0.717) is 72.3 Å². The molecule has 4 heterocycles. The van der Waals surface area contributed by atoms with Gasteiger partial charge in [-0.1, -0.05) is 5.16 Å². The molecular formula is C22H22N4O6. The van der Waals surface area contributed by atoms with Gasteiger partial charge in [-0.05, 0) is 38.1 Å². The minimum absolute atomic E-state index is 0.158. The average molecular weight is 438 g/mol. The van der Waals surface area contributed by atoms with Crippen molar-refractivity contribution in [1.82, 2.24) is 19.9 Å². The second-order valence-corrected chi connectivity index (χ2v) is 7.57. The minimum atomic E-state index is -0.356. The summed E-state index contributed by atoms with van der Waals surface area (Å²) in [4.78, 5) is 33.2. The third-order valence-electron chi connectivity index (χ3n) is 5.54. The zero-order valence-electron chi connectivity index (χ0n) is 17.8. The van der Waals surface area contributed by atoms with Crippen molar-refractivity contribution in [2.45, 2.75) is 13.8 Å². The summed E-state index contributed by atoms with van der Waals surface area (Å²) in [5.41, 5.74) is 2.66. The van der Waals surface area contributed by atoms with Crippen LogP contribution in [0.1, 0.15) is 23.0 Å². The maximum atomic E-state index is 13.5. The van der Waals surface area contributed by atoms with Gasteiger partial charge in [0.2, 0.25) is 6.79 Å². The van der Waals surface area contributed by atoms with Gasteiger partial charge in [0.15, 0.2) is 11.5 Å². The standard InChI is InChI=1S/C22H22N4O6/c1-3-29-22(28)26-8-6-25(7-9-26)21(27)15-10-13(2)23-20-18(15)19(24-32-20)14-4-5-16-17(11-14)31-12-30-16/h4-5,10-11H,3,6-9,12H2,1-2H3. The molecule has 0 bridgehead atoms. The quantitative estimate of drug-likeness (QED) is 0.614. The van der Waals surface area contributed by atoms with Crippen LogP contribution in [0, 0.1) is 6.92 Å². The number of amides is 2. The van der Waals surface area contributed by atoms with Crippen LogP contribution >= 0.6 is 0 Å². The maximum absolute atomic E-state index is 13.5. The number of aromatic nitrogens is 2. The Bertz CT molecular complexity index is 1200. The van der Waals surface area contributed by atoms with Crippen LogP contribution in [0.5, 0.6) is 11.5 Å². The van der Waals surface area contributed by atoms with E-state index in [2.05, 4.69) is 10.1 Å². The lowest BCUT2D eigenvalue weighted by atomic mass is 10.0. The first-order valence-electron chi connectivity index (χ1n) is 10.4. The number of hydrogen-bond donors (Lipinski definition) is 0. The van der Waals surface area contributed by atoms with Gasteiger partial charge >= 0.3 is 6.09 Å². The predicted octanol–water partition coefficient (Wildman–Crippen LogP) is 2.84. The van der Waals surface area contributed by atoms with Crippen LogP contribution in [0.25, 0.3) is 22.4 Å². The van der Waals surface area contributed by atoms with Gasteiger partial charge in [0, 0.05) is 37.4 Å². The number of aryl methyl sites for hydroxylation is 1. The Labute approximate surface area is 183 Å². The summed E-state index contributed by atoms with van der Waals surface area (Å²) in [7, 11) is 0. The van der Waals surface area contributed by atoms with E-state index in [4.69, 9.17) is 18.7 Å². The second-order valence-electron chi connectivity index (χ2n) is 7.57. The minimum Gasteiger partial charge on any atom is -0.454 e. The first-order valence-corrected chi connectivity index (χ1v) is 10.4. The number of rotatable bonds is 3. The molecule has 2 aliphatic rings. The van der Waals surface area contributed by atoms with Crippen LogP contribution in [0.15, 0.2) is 28.8 Å². The van der Waals surface area contributed by atoms with E-state index in [-0.39, 0.29) is 18.8 Å². The highest BCUT2D eigenvalue weighted by atomic mass is 16.7. The Kier molecular flexibility index (Phi) is 5.04. The van der Waals surface area contributed by atoms with Gasteiger partial charge in [0.05, 0.1) is 17.6 Å². The molecule has 0 spiro atoms. The van der Waals surface area contributed by atoms with E-state index in [1.54, 1.807) is 35.8 Å². The third-order valence-corrected chi connectivity index (χ3v) is 5.54. The molecule has 0 atom stereocenters. The number of carbonyl (C=O) groups is 2. The molecule has 32 heavy (non-hydrogen) atoms. The molecule has 1 aromatic carbocycles. The van der Waals surface area contributed by atoms with Crippen molar-refractivity contribution >= 4 is 23.1 Å². The highest BCUT2D eigenvalue weighted by molar-refractivity contribution is 6.09. The Morgan fingerprint density at radius 1 is 1.06 bits per heavy atom. The van der Waals surface area contributed by atoms with E-state index in [1.807, 2.05) is 12.1 Å². The van der Waals surface area contributed by atoms with Crippen molar-refractivity contribution in [3.05, 3.63) is 35.5 Å². The number of benzene rings is 1. The van der Waals surface area contributed by atoms with Crippen LogP contribution in [-0.4, -0.2) is 71.5 Å². The SMILES string of the molecule is CCOC(=O)N1CCN(C(=O)c2cc(C)nc3onc(-c4ccc5c(c4)OCO5)c23)CC1. The summed E-state index contributed by atoms with van der Waals surface area (Å²) in [5.74, 6) is 1.11. The number of hydrogen-bond acceptors (Lipinski definition) is 8. The maximum Gasteiger partial charge on any atom is 0.409 e. The zero-order valence-corrected chi connectivity index (χ0v) is 17.8. The molecule has 3 aromatic rings. The first kappa shape index (κ1) is 20.1.